The van der Waals surface area contributed by atoms with E-state index in [1.165, 1.54) is 0 Å². The van der Waals surface area contributed by atoms with Crippen LogP contribution in [0, 0.1) is 6.92 Å². The van der Waals surface area contributed by atoms with Gasteiger partial charge in [0.15, 0.2) is 5.65 Å². The Balaban J connectivity index is 1.73. The van der Waals surface area contributed by atoms with E-state index >= 15 is 0 Å². The third-order valence-electron chi connectivity index (χ3n) is 4.88. The van der Waals surface area contributed by atoms with Crippen molar-refractivity contribution in [1.82, 2.24) is 20.1 Å². The summed E-state index contributed by atoms with van der Waals surface area (Å²) in [6.07, 6.45) is 2.30. The van der Waals surface area contributed by atoms with Crippen molar-refractivity contribution in [2.45, 2.75) is 38.6 Å². The number of hydrogen-bond acceptors (Lipinski definition) is 3. The second-order valence-corrected chi connectivity index (χ2v) is 6.88. The first-order valence-electron chi connectivity index (χ1n) is 8.74. The molecule has 0 unspecified atom stereocenters. The molecule has 1 atom stereocenters. The number of benzene rings is 1. The highest BCUT2D eigenvalue weighted by molar-refractivity contribution is 6.06. The maximum Gasteiger partial charge on any atom is 0.252 e. The molecule has 128 valence electrons. The SMILES string of the molecule is Cc1nn(C)c2nc(C3CC3)cc(C(=O)N[C@H](C)c3ccccc3)c12. The van der Waals surface area contributed by atoms with Crippen molar-refractivity contribution in [3.63, 3.8) is 0 Å². The van der Waals surface area contributed by atoms with E-state index in [0.717, 1.165) is 40.8 Å². The zero-order chi connectivity index (χ0) is 17.6. The van der Waals surface area contributed by atoms with Gasteiger partial charge in [0.25, 0.3) is 5.91 Å². The fourth-order valence-electron chi connectivity index (χ4n) is 3.33. The third-order valence-corrected chi connectivity index (χ3v) is 4.88. The van der Waals surface area contributed by atoms with Gasteiger partial charge in [0, 0.05) is 18.7 Å². The number of carbonyl (C=O) groups is 1. The lowest BCUT2D eigenvalue weighted by molar-refractivity contribution is 0.0941. The molecule has 0 spiro atoms. The van der Waals surface area contributed by atoms with Crippen LogP contribution < -0.4 is 5.32 Å². The molecule has 2 aromatic heterocycles. The quantitative estimate of drug-likeness (QED) is 0.792. The summed E-state index contributed by atoms with van der Waals surface area (Å²) in [7, 11) is 1.88. The molecule has 5 nitrogen and oxygen atoms in total. The molecule has 1 amide bonds. The number of aromatic nitrogens is 3. The van der Waals surface area contributed by atoms with Crippen LogP contribution in [0.4, 0.5) is 0 Å². The van der Waals surface area contributed by atoms with E-state index in [2.05, 4.69) is 10.4 Å². The van der Waals surface area contributed by atoms with Crippen LogP contribution in [0.2, 0.25) is 0 Å². The molecule has 1 aliphatic rings. The molecule has 5 heteroatoms. The molecule has 0 saturated heterocycles. The van der Waals surface area contributed by atoms with E-state index in [9.17, 15) is 4.79 Å². The first kappa shape index (κ1) is 15.8. The summed E-state index contributed by atoms with van der Waals surface area (Å²) in [5, 5.41) is 8.44. The number of nitrogens with zero attached hydrogens (tertiary/aromatic N) is 3. The minimum atomic E-state index is -0.0678. The van der Waals surface area contributed by atoms with Gasteiger partial charge in [-0.1, -0.05) is 30.3 Å². The Kier molecular flexibility index (Phi) is 3.79. The maximum absolute atomic E-state index is 13.0. The highest BCUT2D eigenvalue weighted by Crippen LogP contribution is 2.40. The predicted molar refractivity (Wildman–Crippen MR) is 97.5 cm³/mol. The van der Waals surface area contributed by atoms with Gasteiger partial charge in [-0.2, -0.15) is 5.10 Å². The summed E-state index contributed by atoms with van der Waals surface area (Å²) in [6, 6.07) is 11.9. The highest BCUT2D eigenvalue weighted by atomic mass is 16.1. The van der Waals surface area contributed by atoms with E-state index in [1.807, 2.05) is 57.3 Å². The molecule has 2 heterocycles. The standard InChI is InChI=1S/C20H22N4O/c1-12(14-7-5-4-6-8-14)21-20(25)16-11-17(15-9-10-15)22-19-18(16)13(2)23-24(19)3/h4-8,11-12,15H,9-10H2,1-3H3,(H,21,25)/t12-/m1/s1. The zero-order valence-electron chi connectivity index (χ0n) is 14.8. The van der Waals surface area contributed by atoms with E-state index in [4.69, 9.17) is 4.98 Å². The zero-order valence-corrected chi connectivity index (χ0v) is 14.8. The summed E-state index contributed by atoms with van der Waals surface area (Å²) in [4.78, 5) is 17.8. The number of hydrogen-bond donors (Lipinski definition) is 1. The molecule has 1 saturated carbocycles. The molecule has 25 heavy (non-hydrogen) atoms. The summed E-state index contributed by atoms with van der Waals surface area (Å²) in [6.45, 7) is 3.93. The maximum atomic E-state index is 13.0. The van der Waals surface area contributed by atoms with Crippen molar-refractivity contribution in [3.8, 4) is 0 Å². The van der Waals surface area contributed by atoms with Crippen LogP contribution in [-0.4, -0.2) is 20.7 Å². The number of fused-ring (bicyclic) bond motifs is 1. The van der Waals surface area contributed by atoms with E-state index in [0.29, 0.717) is 11.5 Å². The van der Waals surface area contributed by atoms with E-state index < -0.39 is 0 Å². The molecular formula is C20H22N4O. The average Bonchev–Trinajstić information content (AvgIpc) is 3.42. The van der Waals surface area contributed by atoms with Gasteiger partial charge >= 0.3 is 0 Å². The van der Waals surface area contributed by atoms with Crippen molar-refractivity contribution in [1.29, 1.82) is 0 Å². The average molecular weight is 334 g/mol. The van der Waals surface area contributed by atoms with E-state index in [1.54, 1.807) is 4.68 Å². The van der Waals surface area contributed by atoms with Gasteiger partial charge < -0.3 is 5.32 Å². The van der Waals surface area contributed by atoms with Gasteiger partial charge in [0.2, 0.25) is 0 Å². The number of amides is 1. The molecule has 4 rings (SSSR count). The molecule has 0 aliphatic heterocycles. The Morgan fingerprint density at radius 3 is 2.68 bits per heavy atom. The fourth-order valence-corrected chi connectivity index (χ4v) is 3.33. The number of nitrogens with one attached hydrogen (secondary N) is 1. The van der Waals surface area contributed by atoms with Crippen LogP contribution in [0.15, 0.2) is 36.4 Å². The lowest BCUT2D eigenvalue weighted by Gasteiger charge is -2.15. The van der Waals surface area contributed by atoms with Crippen LogP contribution in [0.5, 0.6) is 0 Å². The molecule has 3 aromatic rings. The predicted octanol–water partition coefficient (Wildman–Crippen LogP) is 3.65. The molecular weight excluding hydrogens is 312 g/mol. The summed E-state index contributed by atoms with van der Waals surface area (Å²) in [5.74, 6) is 0.416. The highest BCUT2D eigenvalue weighted by Gasteiger charge is 2.28. The minimum absolute atomic E-state index is 0.0572. The molecule has 1 aliphatic carbocycles. The van der Waals surface area contributed by atoms with Crippen molar-refractivity contribution in [2.75, 3.05) is 0 Å². The Labute approximate surface area is 147 Å². The number of pyridine rings is 1. The first-order chi connectivity index (χ1) is 12.0. The number of aryl methyl sites for hydroxylation is 2. The second-order valence-electron chi connectivity index (χ2n) is 6.88. The van der Waals surface area contributed by atoms with Gasteiger partial charge in [-0.3, -0.25) is 9.48 Å². The third kappa shape index (κ3) is 2.90. The Morgan fingerprint density at radius 2 is 2.00 bits per heavy atom. The summed E-state index contributed by atoms with van der Waals surface area (Å²) >= 11 is 0. The summed E-state index contributed by atoms with van der Waals surface area (Å²) < 4.78 is 1.77. The Bertz CT molecular complexity index is 941. The molecule has 1 aromatic carbocycles. The monoisotopic (exact) mass is 334 g/mol. The van der Waals surface area contributed by atoms with Gasteiger partial charge in [-0.25, -0.2) is 4.98 Å². The largest absolute Gasteiger partial charge is 0.345 e. The molecule has 0 bridgehead atoms. The van der Waals surface area contributed by atoms with Crippen LogP contribution in [0.3, 0.4) is 0 Å². The van der Waals surface area contributed by atoms with Gasteiger partial charge in [0.05, 0.1) is 22.7 Å². The summed E-state index contributed by atoms with van der Waals surface area (Å²) in [5.41, 5.74) is 4.41. The number of rotatable bonds is 4. The fraction of sp³-hybridized carbons (Fsp3) is 0.350. The van der Waals surface area contributed by atoms with Crippen LogP contribution >= 0.6 is 0 Å². The first-order valence-corrected chi connectivity index (χ1v) is 8.74. The molecule has 0 radical (unpaired) electrons. The van der Waals surface area contributed by atoms with Crippen LogP contribution in [-0.2, 0) is 7.05 Å². The van der Waals surface area contributed by atoms with Crippen molar-refractivity contribution < 1.29 is 4.79 Å². The molecule has 1 N–H and O–H groups in total. The van der Waals surface area contributed by atoms with Crippen LogP contribution in [0.1, 0.15) is 59.0 Å². The lowest BCUT2D eigenvalue weighted by atomic mass is 10.0. The number of carbonyl (C=O) groups excluding carboxylic acids is 1. The van der Waals surface area contributed by atoms with Gasteiger partial charge in [-0.05, 0) is 38.3 Å². The Morgan fingerprint density at radius 1 is 1.28 bits per heavy atom. The topological polar surface area (TPSA) is 59.8 Å². The normalized spacial score (nSPS) is 15.3. The minimum Gasteiger partial charge on any atom is -0.345 e. The Hall–Kier alpha value is -2.69. The second kappa shape index (κ2) is 5.99. The lowest BCUT2D eigenvalue weighted by Crippen LogP contribution is -2.27. The van der Waals surface area contributed by atoms with Gasteiger partial charge in [-0.15, -0.1) is 0 Å². The van der Waals surface area contributed by atoms with Crippen LogP contribution in [0.25, 0.3) is 11.0 Å². The van der Waals surface area contributed by atoms with Crippen molar-refractivity contribution in [3.05, 3.63) is 58.9 Å². The van der Waals surface area contributed by atoms with E-state index in [-0.39, 0.29) is 11.9 Å². The molecule has 1 fully saturated rings. The van der Waals surface area contributed by atoms with Crippen molar-refractivity contribution in [2.24, 2.45) is 7.05 Å². The van der Waals surface area contributed by atoms with Crippen molar-refractivity contribution >= 4 is 16.9 Å². The van der Waals surface area contributed by atoms with Gasteiger partial charge in [0.1, 0.15) is 0 Å². The smallest absolute Gasteiger partial charge is 0.252 e.